The second-order valence-electron chi connectivity index (χ2n) is 6.23. The Morgan fingerprint density at radius 1 is 1.24 bits per heavy atom. The Morgan fingerprint density at radius 2 is 1.96 bits per heavy atom. The molecule has 1 fully saturated rings. The van der Waals surface area contributed by atoms with Crippen molar-refractivity contribution in [3.05, 3.63) is 53.5 Å². The molecule has 1 aromatic heterocycles. The predicted molar refractivity (Wildman–Crippen MR) is 93.4 cm³/mol. The molecule has 0 bridgehead atoms. The summed E-state index contributed by atoms with van der Waals surface area (Å²) in [5.74, 6) is 1.96. The number of hydrogen-bond donors (Lipinski definition) is 0. The fraction of sp³-hybridized carbons (Fsp3) is 0.389. The van der Waals surface area contributed by atoms with Gasteiger partial charge in [-0.25, -0.2) is 8.42 Å². The number of hydrogen-bond acceptors (Lipinski definition) is 5. The van der Waals surface area contributed by atoms with Crippen molar-refractivity contribution in [2.45, 2.75) is 25.9 Å². The summed E-state index contributed by atoms with van der Waals surface area (Å²) < 4.78 is 34.4. The van der Waals surface area contributed by atoms with E-state index in [2.05, 4.69) is 0 Å². The normalized spacial score (nSPS) is 18.9. The van der Waals surface area contributed by atoms with Gasteiger partial charge in [-0.15, -0.1) is 0 Å². The summed E-state index contributed by atoms with van der Waals surface area (Å²) in [6, 6.07) is 10.1. The lowest BCUT2D eigenvalue weighted by molar-refractivity contribution is 0.0665. The number of nitrogens with zero attached hydrogens (tertiary/aromatic N) is 1. The van der Waals surface area contributed by atoms with Gasteiger partial charge >= 0.3 is 0 Å². The lowest BCUT2D eigenvalue weighted by atomic mass is 10.1. The minimum Gasteiger partial charge on any atom is -0.497 e. The van der Waals surface area contributed by atoms with Gasteiger partial charge in [0.25, 0.3) is 5.91 Å². The van der Waals surface area contributed by atoms with Crippen LogP contribution in [-0.2, 0) is 16.4 Å². The number of methoxy groups -OCH3 is 1. The first-order chi connectivity index (χ1) is 11.9. The molecule has 25 heavy (non-hydrogen) atoms. The smallest absolute Gasteiger partial charge is 0.254 e. The summed E-state index contributed by atoms with van der Waals surface area (Å²) in [7, 11) is -1.54. The molecular formula is C18H21NO5S. The van der Waals surface area contributed by atoms with Gasteiger partial charge in [-0.3, -0.25) is 4.79 Å². The van der Waals surface area contributed by atoms with E-state index in [1.165, 1.54) is 0 Å². The lowest BCUT2D eigenvalue weighted by Gasteiger charge is -2.27. The van der Waals surface area contributed by atoms with Crippen molar-refractivity contribution in [2.24, 2.45) is 0 Å². The Bertz CT molecular complexity index is 854. The maximum absolute atomic E-state index is 13.0. The third-order valence-electron chi connectivity index (χ3n) is 4.37. The predicted octanol–water partition coefficient (Wildman–Crippen LogP) is 2.43. The minimum atomic E-state index is -3.10. The van der Waals surface area contributed by atoms with Crippen LogP contribution in [0, 0.1) is 6.92 Å². The van der Waals surface area contributed by atoms with Crippen molar-refractivity contribution in [1.82, 2.24) is 4.90 Å². The zero-order chi connectivity index (χ0) is 18.0. The molecule has 0 saturated carbocycles. The summed E-state index contributed by atoms with van der Waals surface area (Å²) in [6.07, 6.45) is 0.448. The van der Waals surface area contributed by atoms with Crippen LogP contribution in [0.4, 0.5) is 0 Å². The maximum Gasteiger partial charge on any atom is 0.254 e. The molecule has 1 aliphatic rings. The average Bonchev–Trinajstić information content (AvgIpc) is 3.17. The molecule has 7 heteroatoms. The molecule has 0 aliphatic carbocycles. The van der Waals surface area contributed by atoms with Crippen molar-refractivity contribution in [3.8, 4) is 5.75 Å². The molecule has 2 aromatic rings. The van der Waals surface area contributed by atoms with Gasteiger partial charge in [0.15, 0.2) is 9.84 Å². The summed E-state index contributed by atoms with van der Waals surface area (Å²) in [4.78, 5) is 14.6. The molecule has 1 aliphatic heterocycles. The molecule has 1 unspecified atom stereocenters. The van der Waals surface area contributed by atoms with E-state index in [9.17, 15) is 13.2 Å². The number of aryl methyl sites for hydroxylation is 1. The van der Waals surface area contributed by atoms with Crippen molar-refractivity contribution in [2.75, 3.05) is 18.6 Å². The number of sulfone groups is 1. The van der Waals surface area contributed by atoms with E-state index >= 15 is 0 Å². The van der Waals surface area contributed by atoms with Crippen molar-refractivity contribution in [1.29, 1.82) is 0 Å². The number of ether oxygens (including phenoxy) is 1. The van der Waals surface area contributed by atoms with Crippen molar-refractivity contribution >= 4 is 15.7 Å². The van der Waals surface area contributed by atoms with Crippen LogP contribution >= 0.6 is 0 Å². The number of furan rings is 1. The summed E-state index contributed by atoms with van der Waals surface area (Å²) >= 11 is 0. The van der Waals surface area contributed by atoms with E-state index in [0.717, 1.165) is 5.76 Å². The first kappa shape index (κ1) is 17.5. The van der Waals surface area contributed by atoms with Gasteiger partial charge in [0, 0.05) is 11.6 Å². The highest BCUT2D eigenvalue weighted by Gasteiger charge is 2.35. The molecule has 3 rings (SSSR count). The number of carbonyl (C=O) groups excluding carboxylic acids is 1. The Labute approximate surface area is 147 Å². The van der Waals surface area contributed by atoms with Crippen molar-refractivity contribution < 1.29 is 22.4 Å². The lowest BCUT2D eigenvalue weighted by Crippen LogP contribution is -2.40. The Hall–Kier alpha value is -2.28. The molecule has 1 atom stereocenters. The highest BCUT2D eigenvalue weighted by atomic mass is 32.2. The largest absolute Gasteiger partial charge is 0.497 e. The second kappa shape index (κ2) is 6.92. The third-order valence-corrected chi connectivity index (χ3v) is 6.12. The molecule has 1 saturated heterocycles. The zero-order valence-electron chi connectivity index (χ0n) is 14.3. The SMILES string of the molecule is COc1ccc(C(=O)N(Cc2ccc(C)o2)C2CCS(=O)(=O)C2)cc1. The van der Waals surface area contributed by atoms with Crippen LogP contribution in [-0.4, -0.2) is 43.9 Å². The van der Waals surface area contributed by atoms with Gasteiger partial charge in [-0.1, -0.05) is 0 Å². The number of amides is 1. The van der Waals surface area contributed by atoms with Gasteiger partial charge in [-0.05, 0) is 49.7 Å². The van der Waals surface area contributed by atoms with E-state index in [1.807, 2.05) is 19.1 Å². The van der Waals surface area contributed by atoms with E-state index in [1.54, 1.807) is 36.3 Å². The van der Waals surface area contributed by atoms with Gasteiger partial charge < -0.3 is 14.1 Å². The van der Waals surface area contributed by atoms with Crippen LogP contribution in [0.3, 0.4) is 0 Å². The summed E-state index contributed by atoms with van der Waals surface area (Å²) in [5, 5.41) is 0. The maximum atomic E-state index is 13.0. The van der Waals surface area contributed by atoms with Crippen LogP contribution in [0.1, 0.15) is 28.3 Å². The molecule has 0 spiro atoms. The van der Waals surface area contributed by atoms with Crippen LogP contribution in [0.2, 0.25) is 0 Å². The molecular weight excluding hydrogens is 342 g/mol. The third kappa shape index (κ3) is 4.04. The molecule has 1 aromatic carbocycles. The quantitative estimate of drug-likeness (QED) is 0.815. The van der Waals surface area contributed by atoms with E-state index in [-0.39, 0.29) is 30.0 Å². The monoisotopic (exact) mass is 363 g/mol. The number of benzene rings is 1. The Kier molecular flexibility index (Phi) is 4.85. The van der Waals surface area contributed by atoms with E-state index in [0.29, 0.717) is 23.5 Å². The van der Waals surface area contributed by atoms with Crippen LogP contribution in [0.25, 0.3) is 0 Å². The number of rotatable bonds is 5. The Morgan fingerprint density at radius 3 is 2.48 bits per heavy atom. The topological polar surface area (TPSA) is 76.8 Å². The molecule has 0 radical (unpaired) electrons. The molecule has 2 heterocycles. The standard InChI is InChI=1S/C18H21NO5S/c1-13-3-6-17(24-13)11-19(15-9-10-25(21,22)12-15)18(20)14-4-7-16(23-2)8-5-14/h3-8,15H,9-12H2,1-2H3. The summed E-state index contributed by atoms with van der Waals surface area (Å²) in [5.41, 5.74) is 0.494. The molecule has 134 valence electrons. The number of carbonyl (C=O) groups is 1. The first-order valence-electron chi connectivity index (χ1n) is 8.09. The van der Waals surface area contributed by atoms with Crippen LogP contribution in [0.5, 0.6) is 5.75 Å². The van der Waals surface area contributed by atoms with Gasteiger partial charge in [0.2, 0.25) is 0 Å². The second-order valence-corrected chi connectivity index (χ2v) is 8.46. The summed E-state index contributed by atoms with van der Waals surface area (Å²) in [6.45, 7) is 2.08. The zero-order valence-corrected chi connectivity index (χ0v) is 15.1. The fourth-order valence-electron chi connectivity index (χ4n) is 3.03. The molecule has 6 nitrogen and oxygen atoms in total. The fourth-order valence-corrected chi connectivity index (χ4v) is 4.76. The van der Waals surface area contributed by atoms with Gasteiger partial charge in [0.1, 0.15) is 17.3 Å². The van der Waals surface area contributed by atoms with Crippen molar-refractivity contribution in [3.63, 3.8) is 0 Å². The molecule has 0 N–H and O–H groups in total. The van der Waals surface area contributed by atoms with Crippen LogP contribution in [0.15, 0.2) is 40.8 Å². The van der Waals surface area contributed by atoms with E-state index in [4.69, 9.17) is 9.15 Å². The van der Waals surface area contributed by atoms with Gasteiger partial charge in [0.05, 0.1) is 25.2 Å². The highest BCUT2D eigenvalue weighted by molar-refractivity contribution is 7.91. The minimum absolute atomic E-state index is 0.00537. The van der Waals surface area contributed by atoms with E-state index < -0.39 is 9.84 Å². The van der Waals surface area contributed by atoms with Crippen LogP contribution < -0.4 is 4.74 Å². The highest BCUT2D eigenvalue weighted by Crippen LogP contribution is 2.24. The molecule has 1 amide bonds. The Balaban J connectivity index is 1.87. The van der Waals surface area contributed by atoms with Gasteiger partial charge in [-0.2, -0.15) is 0 Å². The average molecular weight is 363 g/mol. The first-order valence-corrected chi connectivity index (χ1v) is 9.91.